The fourth-order valence-corrected chi connectivity index (χ4v) is 2.25. The van der Waals surface area contributed by atoms with E-state index in [2.05, 4.69) is 0 Å². The molecule has 1 N–H and O–H groups in total. The van der Waals surface area contributed by atoms with Crippen molar-refractivity contribution >= 4 is 5.78 Å². The number of carbonyl (C=O) groups excluding carboxylic acids is 1. The molecule has 0 aromatic carbocycles. The molecule has 0 amide bonds. The van der Waals surface area contributed by atoms with E-state index in [4.69, 9.17) is 0 Å². The van der Waals surface area contributed by atoms with Crippen LogP contribution in [0.15, 0.2) is 0 Å². The molecule has 0 aliphatic heterocycles. The Morgan fingerprint density at radius 1 is 1.40 bits per heavy atom. The highest BCUT2D eigenvalue weighted by Gasteiger charge is 2.54. The van der Waals surface area contributed by atoms with Crippen molar-refractivity contribution in [1.82, 2.24) is 0 Å². The van der Waals surface area contributed by atoms with Gasteiger partial charge in [-0.15, -0.1) is 0 Å². The van der Waals surface area contributed by atoms with Gasteiger partial charge >= 0.3 is 0 Å². The molecule has 0 bridgehead atoms. The van der Waals surface area contributed by atoms with Crippen LogP contribution in [-0.2, 0) is 4.79 Å². The summed E-state index contributed by atoms with van der Waals surface area (Å²) in [6.45, 7) is 0. The van der Waals surface area contributed by atoms with Crippen LogP contribution in [0.1, 0.15) is 32.1 Å². The number of ketones is 1. The average Bonchev–Trinajstić information content (AvgIpc) is 2.37. The summed E-state index contributed by atoms with van der Waals surface area (Å²) < 4.78 is 0. The number of aliphatic hydroxyl groups excluding tert-OH is 1. The lowest BCUT2D eigenvalue weighted by atomic mass is 9.64. The molecule has 0 saturated heterocycles. The van der Waals surface area contributed by atoms with Crippen molar-refractivity contribution in [3.63, 3.8) is 0 Å². The second-order valence-corrected chi connectivity index (χ2v) is 3.51. The summed E-state index contributed by atoms with van der Waals surface area (Å²) in [6.07, 6.45) is 4.24. The first-order valence-electron chi connectivity index (χ1n) is 3.97. The van der Waals surface area contributed by atoms with E-state index < -0.39 is 0 Å². The minimum absolute atomic E-state index is 0.250. The Morgan fingerprint density at radius 3 is 2.30 bits per heavy atom. The normalized spacial score (nSPS) is 36.5. The van der Waals surface area contributed by atoms with Crippen molar-refractivity contribution in [1.29, 1.82) is 0 Å². The molecule has 56 valence electrons. The highest BCUT2D eigenvalue weighted by Crippen LogP contribution is 2.50. The van der Waals surface area contributed by atoms with E-state index in [0.717, 1.165) is 25.7 Å². The van der Waals surface area contributed by atoms with E-state index in [1.54, 1.807) is 0 Å². The quantitative estimate of drug-likeness (QED) is 0.542. The highest BCUT2D eigenvalue weighted by molar-refractivity contribution is 5.92. The zero-order chi connectivity index (χ0) is 7.19. The molecular weight excluding hydrogens is 128 g/mol. The average molecular weight is 140 g/mol. The lowest BCUT2D eigenvalue weighted by Gasteiger charge is -2.41. The lowest BCUT2D eigenvalue weighted by Crippen LogP contribution is -2.52. The predicted molar refractivity (Wildman–Crippen MR) is 36.5 cm³/mol. The van der Waals surface area contributed by atoms with E-state index in [0.29, 0.717) is 12.2 Å². The van der Waals surface area contributed by atoms with Gasteiger partial charge in [-0.05, 0) is 12.8 Å². The number of Topliss-reactive ketones (excluding diaryl/α,β-unsaturated/α-hetero) is 1. The smallest absolute Gasteiger partial charge is 0.144 e. The standard InChI is InChI=1S/C8H12O2/c9-6-5-7(10)8(6)3-1-2-4-8/h6,9H,1-5H2. The molecule has 0 aromatic heterocycles. The summed E-state index contributed by atoms with van der Waals surface area (Å²) in [4.78, 5) is 11.1. The van der Waals surface area contributed by atoms with Gasteiger partial charge in [0.15, 0.2) is 0 Å². The zero-order valence-electron chi connectivity index (χ0n) is 5.97. The number of aliphatic hydroxyl groups is 1. The molecule has 2 rings (SSSR count). The predicted octanol–water partition coefficient (Wildman–Crippen LogP) is 0.881. The molecule has 2 saturated carbocycles. The van der Waals surface area contributed by atoms with Gasteiger partial charge in [0.1, 0.15) is 5.78 Å². The number of hydrogen-bond donors (Lipinski definition) is 1. The van der Waals surface area contributed by atoms with Gasteiger partial charge in [0.25, 0.3) is 0 Å². The molecule has 2 fully saturated rings. The Hall–Kier alpha value is -0.370. The summed E-state index contributed by atoms with van der Waals surface area (Å²) >= 11 is 0. The molecule has 1 atom stereocenters. The van der Waals surface area contributed by atoms with E-state index in [9.17, 15) is 9.90 Å². The van der Waals surface area contributed by atoms with Crippen molar-refractivity contribution in [2.75, 3.05) is 0 Å². The van der Waals surface area contributed by atoms with Crippen LogP contribution in [0.3, 0.4) is 0 Å². The van der Waals surface area contributed by atoms with E-state index >= 15 is 0 Å². The minimum atomic E-state index is -0.303. The second-order valence-electron chi connectivity index (χ2n) is 3.51. The number of carbonyl (C=O) groups is 1. The van der Waals surface area contributed by atoms with Crippen molar-refractivity contribution < 1.29 is 9.90 Å². The molecule has 2 heteroatoms. The fraction of sp³-hybridized carbons (Fsp3) is 0.875. The maximum atomic E-state index is 11.1. The summed E-state index contributed by atoms with van der Waals surface area (Å²) in [5.41, 5.74) is -0.250. The monoisotopic (exact) mass is 140 g/mol. The van der Waals surface area contributed by atoms with E-state index in [1.807, 2.05) is 0 Å². The molecule has 2 aliphatic carbocycles. The van der Waals surface area contributed by atoms with Gasteiger partial charge in [0.05, 0.1) is 11.5 Å². The maximum absolute atomic E-state index is 11.1. The third kappa shape index (κ3) is 0.553. The van der Waals surface area contributed by atoms with Crippen LogP contribution in [0.25, 0.3) is 0 Å². The van der Waals surface area contributed by atoms with Crippen LogP contribution >= 0.6 is 0 Å². The Morgan fingerprint density at radius 2 is 2.00 bits per heavy atom. The zero-order valence-corrected chi connectivity index (χ0v) is 5.97. The molecule has 0 radical (unpaired) electrons. The lowest BCUT2D eigenvalue weighted by molar-refractivity contribution is -0.154. The topological polar surface area (TPSA) is 37.3 Å². The first-order valence-corrected chi connectivity index (χ1v) is 3.97. The van der Waals surface area contributed by atoms with Gasteiger partial charge in [-0.25, -0.2) is 0 Å². The van der Waals surface area contributed by atoms with Crippen LogP contribution in [-0.4, -0.2) is 17.0 Å². The third-order valence-electron chi connectivity index (χ3n) is 3.07. The fourth-order valence-electron chi connectivity index (χ4n) is 2.25. The molecule has 0 heterocycles. The Kier molecular flexibility index (Phi) is 1.15. The minimum Gasteiger partial charge on any atom is -0.392 e. The summed E-state index contributed by atoms with van der Waals surface area (Å²) in [5.74, 6) is 0.303. The van der Waals surface area contributed by atoms with Gasteiger partial charge in [-0.1, -0.05) is 12.8 Å². The summed E-state index contributed by atoms with van der Waals surface area (Å²) in [5, 5.41) is 9.35. The van der Waals surface area contributed by atoms with E-state index in [1.165, 1.54) is 0 Å². The number of rotatable bonds is 0. The van der Waals surface area contributed by atoms with Gasteiger partial charge in [-0.2, -0.15) is 0 Å². The van der Waals surface area contributed by atoms with Crippen LogP contribution in [0.5, 0.6) is 0 Å². The largest absolute Gasteiger partial charge is 0.392 e. The van der Waals surface area contributed by atoms with E-state index in [-0.39, 0.29) is 11.5 Å². The van der Waals surface area contributed by atoms with Gasteiger partial charge in [-0.3, -0.25) is 4.79 Å². The molecule has 0 aromatic rings. The van der Waals surface area contributed by atoms with Gasteiger partial charge < -0.3 is 5.11 Å². The molecular formula is C8H12O2. The van der Waals surface area contributed by atoms with Crippen LogP contribution in [0.4, 0.5) is 0 Å². The molecule has 1 unspecified atom stereocenters. The SMILES string of the molecule is O=C1CC(O)C12CCCC2. The first-order chi connectivity index (χ1) is 4.76. The Labute approximate surface area is 60.2 Å². The Bertz CT molecular complexity index is 168. The van der Waals surface area contributed by atoms with Crippen molar-refractivity contribution in [3.8, 4) is 0 Å². The molecule has 10 heavy (non-hydrogen) atoms. The summed E-state index contributed by atoms with van der Waals surface area (Å²) in [6, 6.07) is 0. The van der Waals surface area contributed by atoms with Crippen molar-refractivity contribution in [2.24, 2.45) is 5.41 Å². The van der Waals surface area contributed by atoms with Crippen LogP contribution < -0.4 is 0 Å². The van der Waals surface area contributed by atoms with Crippen LogP contribution in [0, 0.1) is 5.41 Å². The first kappa shape index (κ1) is 6.35. The highest BCUT2D eigenvalue weighted by atomic mass is 16.3. The third-order valence-corrected chi connectivity index (χ3v) is 3.07. The maximum Gasteiger partial charge on any atom is 0.144 e. The Balaban J connectivity index is 2.19. The second kappa shape index (κ2) is 1.82. The molecule has 1 spiro atoms. The van der Waals surface area contributed by atoms with Crippen molar-refractivity contribution in [3.05, 3.63) is 0 Å². The molecule has 2 nitrogen and oxygen atoms in total. The molecule has 2 aliphatic rings. The van der Waals surface area contributed by atoms with Crippen LogP contribution in [0.2, 0.25) is 0 Å². The summed E-state index contributed by atoms with van der Waals surface area (Å²) in [7, 11) is 0. The number of hydrogen-bond acceptors (Lipinski definition) is 2. The van der Waals surface area contributed by atoms with Crippen molar-refractivity contribution in [2.45, 2.75) is 38.2 Å². The van der Waals surface area contributed by atoms with Gasteiger partial charge in [0, 0.05) is 6.42 Å². The van der Waals surface area contributed by atoms with Gasteiger partial charge in [0.2, 0.25) is 0 Å².